The van der Waals surface area contributed by atoms with Gasteiger partial charge >= 0.3 is 0 Å². The van der Waals surface area contributed by atoms with Crippen molar-refractivity contribution in [1.29, 1.82) is 0 Å². The highest BCUT2D eigenvalue weighted by atomic mass is 32.2. The summed E-state index contributed by atoms with van der Waals surface area (Å²) in [6.07, 6.45) is 3.09. The first-order chi connectivity index (χ1) is 15.2. The van der Waals surface area contributed by atoms with Gasteiger partial charge < -0.3 is 14.0 Å². The number of amides is 1. The predicted octanol–water partition coefficient (Wildman–Crippen LogP) is 3.28. The van der Waals surface area contributed by atoms with Crippen molar-refractivity contribution in [2.45, 2.75) is 44.0 Å². The van der Waals surface area contributed by atoms with Crippen molar-refractivity contribution in [2.75, 3.05) is 24.8 Å². The zero-order valence-electron chi connectivity index (χ0n) is 17.4. The van der Waals surface area contributed by atoms with Gasteiger partial charge in [0.1, 0.15) is 16.6 Å². The Kier molecular flexibility index (Phi) is 7.15. The Morgan fingerprint density at radius 2 is 2.13 bits per heavy atom. The number of carbonyl (C=O) groups is 1. The van der Waals surface area contributed by atoms with Gasteiger partial charge in [0.15, 0.2) is 5.16 Å². The third-order valence-corrected chi connectivity index (χ3v) is 6.72. The summed E-state index contributed by atoms with van der Waals surface area (Å²) < 4.78 is 13.0. The van der Waals surface area contributed by atoms with E-state index in [2.05, 4.69) is 30.3 Å². The van der Waals surface area contributed by atoms with Gasteiger partial charge in [0.25, 0.3) is 0 Å². The minimum absolute atomic E-state index is 0.160. The normalized spacial score (nSPS) is 15.9. The van der Waals surface area contributed by atoms with Crippen LogP contribution in [0.3, 0.4) is 0 Å². The average molecular weight is 461 g/mol. The number of thioether (sulfide) groups is 1. The molecule has 1 aliphatic rings. The fourth-order valence-corrected chi connectivity index (χ4v) is 4.80. The maximum atomic E-state index is 12.5. The number of ether oxygens (including phenoxy) is 2. The highest BCUT2D eigenvalue weighted by Crippen LogP contribution is 2.28. The third kappa shape index (κ3) is 5.41. The molecule has 1 unspecified atom stereocenters. The molecule has 31 heavy (non-hydrogen) atoms. The van der Waals surface area contributed by atoms with Crippen molar-refractivity contribution in [1.82, 2.24) is 25.0 Å². The number of anilines is 1. The zero-order chi connectivity index (χ0) is 21.6. The summed E-state index contributed by atoms with van der Waals surface area (Å²) in [6.45, 7) is 3.58. The van der Waals surface area contributed by atoms with Gasteiger partial charge in [-0.05, 0) is 37.1 Å². The molecule has 0 saturated carbocycles. The number of nitrogens with one attached hydrogen (secondary N) is 1. The maximum absolute atomic E-state index is 12.5. The molecular formula is C20H24N6O3S2. The summed E-state index contributed by atoms with van der Waals surface area (Å²) in [5.74, 6) is 1.74. The van der Waals surface area contributed by atoms with E-state index < -0.39 is 0 Å². The van der Waals surface area contributed by atoms with Crippen LogP contribution in [-0.4, -0.2) is 56.4 Å². The van der Waals surface area contributed by atoms with Gasteiger partial charge in [-0.3, -0.25) is 10.1 Å². The summed E-state index contributed by atoms with van der Waals surface area (Å²) in [7, 11) is 1.62. The number of carbonyl (C=O) groups excluding carboxylic acids is 1. The molecule has 3 aromatic rings. The predicted molar refractivity (Wildman–Crippen MR) is 120 cm³/mol. The number of benzene rings is 1. The second-order valence-corrected chi connectivity index (χ2v) is 8.90. The number of aromatic nitrogens is 5. The van der Waals surface area contributed by atoms with Crippen LogP contribution in [0.1, 0.15) is 25.6 Å². The Labute approximate surface area is 188 Å². The molecule has 1 amide bonds. The second kappa shape index (κ2) is 10.2. The molecule has 1 fully saturated rings. The third-order valence-electron chi connectivity index (χ3n) is 4.86. The topological polar surface area (TPSA) is 104 Å². The minimum atomic E-state index is -0.160. The van der Waals surface area contributed by atoms with Crippen LogP contribution in [0.2, 0.25) is 0 Å². The van der Waals surface area contributed by atoms with Crippen LogP contribution in [0.5, 0.6) is 5.75 Å². The number of hydrogen-bond acceptors (Lipinski definition) is 9. The standard InChI is InChI=1S/C20H24N6O3S2/c1-3-16-22-25-20(26(16)11-15-5-4-10-29-15)30-12-17(27)21-19-24-23-18(31-19)13-6-8-14(28-2)9-7-13/h6-9,15H,3-5,10-12H2,1-2H3,(H,21,24,27). The lowest BCUT2D eigenvalue weighted by Gasteiger charge is -2.13. The van der Waals surface area contributed by atoms with Crippen LogP contribution >= 0.6 is 23.1 Å². The summed E-state index contributed by atoms with van der Waals surface area (Å²) in [4.78, 5) is 12.5. The Hall–Kier alpha value is -2.50. The zero-order valence-corrected chi connectivity index (χ0v) is 19.0. The number of nitrogens with zero attached hydrogens (tertiary/aromatic N) is 5. The van der Waals surface area contributed by atoms with Crippen LogP contribution in [0, 0.1) is 0 Å². The lowest BCUT2D eigenvalue weighted by atomic mass is 10.2. The van der Waals surface area contributed by atoms with Crippen molar-refractivity contribution >= 4 is 34.1 Å². The van der Waals surface area contributed by atoms with E-state index in [1.54, 1.807) is 7.11 Å². The average Bonchev–Trinajstić information content (AvgIpc) is 3.54. The first-order valence-corrected chi connectivity index (χ1v) is 11.9. The fourth-order valence-electron chi connectivity index (χ4n) is 3.27. The van der Waals surface area contributed by atoms with Gasteiger partial charge in [-0.2, -0.15) is 0 Å². The Morgan fingerprint density at radius 3 is 2.84 bits per heavy atom. The van der Waals surface area contributed by atoms with Crippen LogP contribution in [0.15, 0.2) is 29.4 Å². The molecule has 1 aliphatic heterocycles. The van der Waals surface area contributed by atoms with E-state index in [-0.39, 0.29) is 17.8 Å². The highest BCUT2D eigenvalue weighted by Gasteiger charge is 2.21. The van der Waals surface area contributed by atoms with Crippen molar-refractivity contribution in [2.24, 2.45) is 0 Å². The molecular weight excluding hydrogens is 436 g/mol. The van der Waals surface area contributed by atoms with Gasteiger partial charge in [-0.15, -0.1) is 20.4 Å². The molecule has 1 atom stereocenters. The first-order valence-electron chi connectivity index (χ1n) is 10.1. The molecule has 0 radical (unpaired) electrons. The van der Waals surface area contributed by atoms with Crippen molar-refractivity contribution in [3.8, 4) is 16.3 Å². The molecule has 9 nitrogen and oxygen atoms in total. The van der Waals surface area contributed by atoms with Crippen LogP contribution in [0.4, 0.5) is 5.13 Å². The van der Waals surface area contributed by atoms with E-state index in [0.29, 0.717) is 5.13 Å². The minimum Gasteiger partial charge on any atom is -0.497 e. The number of hydrogen-bond donors (Lipinski definition) is 1. The molecule has 2 aromatic heterocycles. The molecule has 0 spiro atoms. The number of rotatable bonds is 9. The van der Waals surface area contributed by atoms with Gasteiger partial charge in [-0.1, -0.05) is 30.0 Å². The smallest absolute Gasteiger partial charge is 0.236 e. The molecule has 3 heterocycles. The molecule has 0 aliphatic carbocycles. The van der Waals surface area contributed by atoms with Crippen LogP contribution in [-0.2, 0) is 22.5 Å². The summed E-state index contributed by atoms with van der Waals surface area (Å²) >= 11 is 2.69. The lowest BCUT2D eigenvalue weighted by molar-refractivity contribution is -0.113. The Morgan fingerprint density at radius 1 is 1.29 bits per heavy atom. The monoisotopic (exact) mass is 460 g/mol. The molecule has 11 heteroatoms. The molecule has 164 valence electrons. The maximum Gasteiger partial charge on any atom is 0.236 e. The van der Waals surface area contributed by atoms with E-state index in [0.717, 1.165) is 59.7 Å². The summed E-state index contributed by atoms with van der Waals surface area (Å²) in [6, 6.07) is 7.55. The van der Waals surface area contributed by atoms with Gasteiger partial charge in [0.05, 0.1) is 25.5 Å². The lowest BCUT2D eigenvalue weighted by Crippen LogP contribution is -2.19. The summed E-state index contributed by atoms with van der Waals surface area (Å²) in [5.41, 5.74) is 0.919. The number of methoxy groups -OCH3 is 1. The van der Waals surface area contributed by atoms with E-state index in [4.69, 9.17) is 9.47 Å². The molecule has 4 rings (SSSR count). The van der Waals surface area contributed by atoms with Gasteiger partial charge in [0.2, 0.25) is 11.0 Å². The first kappa shape index (κ1) is 21.7. The van der Waals surface area contributed by atoms with Crippen molar-refractivity contribution < 1.29 is 14.3 Å². The van der Waals surface area contributed by atoms with Crippen LogP contribution in [0.25, 0.3) is 10.6 Å². The van der Waals surface area contributed by atoms with E-state index in [9.17, 15) is 4.79 Å². The van der Waals surface area contributed by atoms with E-state index in [1.807, 2.05) is 31.2 Å². The van der Waals surface area contributed by atoms with Crippen molar-refractivity contribution in [3.63, 3.8) is 0 Å². The van der Waals surface area contributed by atoms with Crippen molar-refractivity contribution in [3.05, 3.63) is 30.1 Å². The molecule has 0 bridgehead atoms. The quantitative estimate of drug-likeness (QED) is 0.485. The molecule has 1 N–H and O–H groups in total. The molecule has 1 aromatic carbocycles. The fraction of sp³-hybridized carbons (Fsp3) is 0.450. The summed E-state index contributed by atoms with van der Waals surface area (Å²) in [5, 5.41) is 21.5. The highest BCUT2D eigenvalue weighted by molar-refractivity contribution is 7.99. The Balaban J connectivity index is 1.34. The largest absolute Gasteiger partial charge is 0.497 e. The van der Waals surface area contributed by atoms with Gasteiger partial charge in [0, 0.05) is 18.6 Å². The second-order valence-electron chi connectivity index (χ2n) is 6.98. The van der Waals surface area contributed by atoms with E-state index >= 15 is 0 Å². The van der Waals surface area contributed by atoms with Gasteiger partial charge in [-0.25, -0.2) is 0 Å². The Bertz CT molecular complexity index is 1010. The number of aryl methyl sites for hydroxylation is 1. The van der Waals surface area contributed by atoms with Crippen LogP contribution < -0.4 is 10.1 Å². The molecule has 1 saturated heterocycles. The van der Waals surface area contributed by atoms with E-state index in [1.165, 1.54) is 23.1 Å². The SMILES string of the molecule is CCc1nnc(SCC(=O)Nc2nnc(-c3ccc(OC)cc3)s2)n1CC1CCCO1.